The van der Waals surface area contributed by atoms with Crippen molar-refractivity contribution in [2.45, 2.75) is 47.5 Å². The van der Waals surface area contributed by atoms with Gasteiger partial charge >= 0.3 is 0 Å². The molecular weight excluding hydrogens is 232 g/mol. The molecule has 0 amide bonds. The molecule has 0 unspecified atom stereocenters. The SMILES string of the molecule is Cc1cc(C)c(CCNCC(C)(C)CCN)cc1C. The molecule has 0 aromatic heterocycles. The van der Waals surface area contributed by atoms with E-state index in [0.29, 0.717) is 5.41 Å². The van der Waals surface area contributed by atoms with Crippen LogP contribution in [0.3, 0.4) is 0 Å². The molecule has 0 bridgehead atoms. The van der Waals surface area contributed by atoms with E-state index in [1.807, 2.05) is 0 Å². The fraction of sp³-hybridized carbons (Fsp3) is 0.647. The van der Waals surface area contributed by atoms with Gasteiger partial charge in [0.1, 0.15) is 0 Å². The van der Waals surface area contributed by atoms with Crippen LogP contribution in [0, 0.1) is 26.2 Å². The fourth-order valence-electron chi connectivity index (χ4n) is 2.42. The molecule has 0 aliphatic rings. The maximum absolute atomic E-state index is 5.63. The highest BCUT2D eigenvalue weighted by Gasteiger charge is 2.15. The molecule has 2 heteroatoms. The maximum Gasteiger partial charge on any atom is 0.000312 e. The Hall–Kier alpha value is -0.860. The van der Waals surface area contributed by atoms with E-state index in [9.17, 15) is 0 Å². The van der Waals surface area contributed by atoms with Crippen molar-refractivity contribution in [2.24, 2.45) is 11.1 Å². The second-order valence-electron chi connectivity index (χ2n) is 6.49. The second kappa shape index (κ2) is 7.06. The van der Waals surface area contributed by atoms with Crippen molar-refractivity contribution in [1.29, 1.82) is 0 Å². The van der Waals surface area contributed by atoms with Crippen LogP contribution in [-0.2, 0) is 6.42 Å². The minimum atomic E-state index is 0.299. The lowest BCUT2D eigenvalue weighted by atomic mass is 9.89. The predicted molar refractivity (Wildman–Crippen MR) is 84.7 cm³/mol. The molecule has 1 aromatic rings. The summed E-state index contributed by atoms with van der Waals surface area (Å²) in [5.74, 6) is 0. The minimum absolute atomic E-state index is 0.299. The van der Waals surface area contributed by atoms with Gasteiger partial charge in [0.2, 0.25) is 0 Å². The summed E-state index contributed by atoms with van der Waals surface area (Å²) < 4.78 is 0. The third-order valence-electron chi connectivity index (χ3n) is 3.95. The van der Waals surface area contributed by atoms with Crippen LogP contribution in [0.4, 0.5) is 0 Å². The van der Waals surface area contributed by atoms with Crippen LogP contribution in [-0.4, -0.2) is 19.6 Å². The molecule has 1 aromatic carbocycles. The number of hydrogen-bond acceptors (Lipinski definition) is 2. The zero-order chi connectivity index (χ0) is 14.5. The van der Waals surface area contributed by atoms with Crippen molar-refractivity contribution in [1.82, 2.24) is 5.32 Å². The van der Waals surface area contributed by atoms with Crippen LogP contribution in [0.2, 0.25) is 0 Å². The minimum Gasteiger partial charge on any atom is -0.330 e. The van der Waals surface area contributed by atoms with E-state index in [1.54, 1.807) is 0 Å². The Morgan fingerprint density at radius 2 is 1.68 bits per heavy atom. The van der Waals surface area contributed by atoms with Gasteiger partial charge in [-0.3, -0.25) is 0 Å². The average Bonchev–Trinajstić information content (AvgIpc) is 2.30. The second-order valence-corrected chi connectivity index (χ2v) is 6.49. The standard InChI is InChI=1S/C17H30N2/c1-13-10-15(3)16(11-14(13)2)6-9-19-12-17(4,5)7-8-18/h10-11,19H,6-9,12,18H2,1-5H3. The molecule has 3 N–H and O–H groups in total. The molecule has 108 valence electrons. The Labute approximate surface area is 118 Å². The Bertz CT molecular complexity index is 408. The Morgan fingerprint density at radius 1 is 1.05 bits per heavy atom. The third-order valence-corrected chi connectivity index (χ3v) is 3.95. The summed E-state index contributed by atoms with van der Waals surface area (Å²) in [6.07, 6.45) is 2.17. The third kappa shape index (κ3) is 5.33. The van der Waals surface area contributed by atoms with E-state index < -0.39 is 0 Å². The van der Waals surface area contributed by atoms with E-state index in [2.05, 4.69) is 52.1 Å². The molecule has 0 saturated carbocycles. The van der Waals surface area contributed by atoms with Gasteiger partial charge in [0, 0.05) is 6.54 Å². The van der Waals surface area contributed by atoms with Crippen LogP contribution in [0.15, 0.2) is 12.1 Å². The number of aryl methyl sites for hydroxylation is 3. The summed E-state index contributed by atoms with van der Waals surface area (Å²) >= 11 is 0. The average molecular weight is 262 g/mol. The normalized spacial score (nSPS) is 11.9. The molecule has 0 aliphatic heterocycles. The highest BCUT2D eigenvalue weighted by Crippen LogP contribution is 2.18. The van der Waals surface area contributed by atoms with Crippen molar-refractivity contribution >= 4 is 0 Å². The number of nitrogens with two attached hydrogens (primary N) is 1. The molecule has 0 radical (unpaired) electrons. The first kappa shape index (κ1) is 16.2. The molecule has 0 saturated heterocycles. The highest BCUT2D eigenvalue weighted by atomic mass is 14.9. The van der Waals surface area contributed by atoms with Gasteiger partial charge in [0.25, 0.3) is 0 Å². The van der Waals surface area contributed by atoms with Gasteiger partial charge < -0.3 is 11.1 Å². The first-order valence-electron chi connectivity index (χ1n) is 7.33. The zero-order valence-corrected chi connectivity index (χ0v) is 13.3. The van der Waals surface area contributed by atoms with Crippen molar-refractivity contribution in [2.75, 3.05) is 19.6 Å². The van der Waals surface area contributed by atoms with Gasteiger partial charge in [-0.2, -0.15) is 0 Å². The summed E-state index contributed by atoms with van der Waals surface area (Å²) in [7, 11) is 0. The van der Waals surface area contributed by atoms with Crippen LogP contribution in [0.1, 0.15) is 42.5 Å². The molecule has 0 spiro atoms. The lowest BCUT2D eigenvalue weighted by molar-refractivity contribution is 0.321. The van der Waals surface area contributed by atoms with E-state index in [-0.39, 0.29) is 0 Å². The zero-order valence-electron chi connectivity index (χ0n) is 13.3. The largest absolute Gasteiger partial charge is 0.330 e. The van der Waals surface area contributed by atoms with Crippen LogP contribution < -0.4 is 11.1 Å². The topological polar surface area (TPSA) is 38.0 Å². The summed E-state index contributed by atoms with van der Waals surface area (Å²) in [5, 5.41) is 3.56. The van der Waals surface area contributed by atoms with E-state index in [4.69, 9.17) is 5.73 Å². The molecule has 19 heavy (non-hydrogen) atoms. The van der Waals surface area contributed by atoms with Gasteiger partial charge in [-0.05, 0) is 74.4 Å². The predicted octanol–water partition coefficient (Wildman–Crippen LogP) is 3.12. The summed E-state index contributed by atoms with van der Waals surface area (Å²) in [4.78, 5) is 0. The van der Waals surface area contributed by atoms with Crippen LogP contribution in [0.5, 0.6) is 0 Å². The first-order chi connectivity index (χ1) is 8.85. The molecule has 0 atom stereocenters. The van der Waals surface area contributed by atoms with E-state index in [0.717, 1.165) is 32.5 Å². The van der Waals surface area contributed by atoms with Gasteiger partial charge in [-0.1, -0.05) is 26.0 Å². The fourth-order valence-corrected chi connectivity index (χ4v) is 2.42. The van der Waals surface area contributed by atoms with Gasteiger partial charge in [-0.25, -0.2) is 0 Å². The molecule has 1 rings (SSSR count). The molecule has 2 nitrogen and oxygen atoms in total. The van der Waals surface area contributed by atoms with Gasteiger partial charge in [0.15, 0.2) is 0 Å². The number of hydrogen-bond donors (Lipinski definition) is 2. The summed E-state index contributed by atoms with van der Waals surface area (Å²) in [6, 6.07) is 4.63. The quantitative estimate of drug-likeness (QED) is 0.741. The Kier molecular flexibility index (Phi) is 6.02. The van der Waals surface area contributed by atoms with Crippen LogP contribution in [0.25, 0.3) is 0 Å². The lowest BCUT2D eigenvalue weighted by Gasteiger charge is -2.24. The highest BCUT2D eigenvalue weighted by molar-refractivity contribution is 5.36. The monoisotopic (exact) mass is 262 g/mol. The van der Waals surface area contributed by atoms with Crippen LogP contribution >= 0.6 is 0 Å². The van der Waals surface area contributed by atoms with Gasteiger partial charge in [-0.15, -0.1) is 0 Å². The number of benzene rings is 1. The number of rotatable bonds is 7. The Morgan fingerprint density at radius 3 is 2.32 bits per heavy atom. The summed E-state index contributed by atoms with van der Waals surface area (Å²) in [6.45, 7) is 14.0. The van der Waals surface area contributed by atoms with E-state index >= 15 is 0 Å². The number of nitrogens with one attached hydrogen (secondary N) is 1. The first-order valence-corrected chi connectivity index (χ1v) is 7.33. The summed E-state index contributed by atoms with van der Waals surface area (Å²) in [5.41, 5.74) is 11.6. The van der Waals surface area contributed by atoms with Crippen molar-refractivity contribution in [3.63, 3.8) is 0 Å². The van der Waals surface area contributed by atoms with Gasteiger partial charge in [0.05, 0.1) is 0 Å². The molecule has 0 aliphatic carbocycles. The smallest absolute Gasteiger partial charge is 0.000312 e. The van der Waals surface area contributed by atoms with Crippen molar-refractivity contribution in [3.8, 4) is 0 Å². The molecule has 0 heterocycles. The van der Waals surface area contributed by atoms with Crippen molar-refractivity contribution < 1.29 is 0 Å². The molecular formula is C17H30N2. The van der Waals surface area contributed by atoms with E-state index in [1.165, 1.54) is 22.3 Å². The molecule has 0 fully saturated rings. The lowest BCUT2D eigenvalue weighted by Crippen LogP contribution is -2.32. The Balaban J connectivity index is 2.44. The maximum atomic E-state index is 5.63. The van der Waals surface area contributed by atoms with Crippen molar-refractivity contribution in [3.05, 3.63) is 34.4 Å².